The maximum Gasteiger partial charge on any atom is 0.411 e. The van der Waals surface area contributed by atoms with Crippen molar-refractivity contribution in [3.05, 3.63) is 64.0 Å². The van der Waals surface area contributed by atoms with Gasteiger partial charge in [-0.2, -0.15) is 0 Å². The fraction of sp³-hybridized carbons (Fsp3) is 0.150. The van der Waals surface area contributed by atoms with Crippen molar-refractivity contribution in [3.63, 3.8) is 0 Å². The number of aromatic hydroxyl groups is 2. The molecule has 0 aliphatic heterocycles. The first-order valence-corrected chi connectivity index (χ1v) is 8.57. The first-order chi connectivity index (χ1) is 13.9. The highest BCUT2D eigenvalue weighted by Crippen LogP contribution is 2.25. The minimum absolute atomic E-state index is 0.129. The monoisotopic (exact) mass is 399 g/mol. The van der Waals surface area contributed by atoms with Gasteiger partial charge in [0.25, 0.3) is 0 Å². The molecule has 0 saturated heterocycles. The second kappa shape index (κ2) is 8.34. The summed E-state index contributed by atoms with van der Waals surface area (Å²) in [7, 11) is 0. The largest absolute Gasteiger partial charge is 0.508 e. The van der Waals surface area contributed by atoms with Crippen LogP contribution < -0.4 is 10.9 Å². The Hall–Kier alpha value is -4.01. The van der Waals surface area contributed by atoms with Gasteiger partial charge in [0.15, 0.2) is 0 Å². The third-order valence-corrected chi connectivity index (χ3v) is 3.91. The van der Waals surface area contributed by atoms with Gasteiger partial charge >= 0.3 is 17.7 Å². The number of hydrogen-bond acceptors (Lipinski definition) is 8. The Morgan fingerprint density at radius 3 is 2.59 bits per heavy atom. The number of carbonyl (C=O) groups excluding carboxylic acids is 2. The standard InChI is InChI=1S/C20H17NO8/c1-2-27-20(26)21-12-3-5-14-11(7-18(24)29-17(14)8-12)10-28-19(25)15-6-4-13(22)9-16(15)23/h3-9,22-23H,2,10H2,1H3,(H,21,26). The molecule has 0 saturated carbocycles. The first kappa shape index (κ1) is 19.7. The van der Waals surface area contributed by atoms with Gasteiger partial charge in [-0.15, -0.1) is 0 Å². The zero-order valence-electron chi connectivity index (χ0n) is 15.3. The molecule has 0 bridgehead atoms. The van der Waals surface area contributed by atoms with Crippen molar-refractivity contribution in [1.29, 1.82) is 0 Å². The molecule has 1 aromatic heterocycles. The Labute approximate surface area is 164 Å². The molecular weight excluding hydrogens is 382 g/mol. The number of rotatable bonds is 5. The molecule has 9 nitrogen and oxygen atoms in total. The van der Waals surface area contributed by atoms with Crippen LogP contribution >= 0.6 is 0 Å². The molecule has 0 spiro atoms. The van der Waals surface area contributed by atoms with Gasteiger partial charge in [0.1, 0.15) is 29.3 Å². The normalized spacial score (nSPS) is 10.5. The summed E-state index contributed by atoms with van der Waals surface area (Å²) in [4.78, 5) is 35.6. The predicted molar refractivity (Wildman–Crippen MR) is 102 cm³/mol. The smallest absolute Gasteiger partial charge is 0.411 e. The number of carbonyl (C=O) groups is 2. The SMILES string of the molecule is CCOC(=O)Nc1ccc2c(COC(=O)c3ccc(O)cc3O)cc(=O)oc2c1. The Bertz CT molecular complexity index is 1140. The van der Waals surface area contributed by atoms with Crippen LogP contribution in [0.3, 0.4) is 0 Å². The Kier molecular flexibility index (Phi) is 5.68. The topological polar surface area (TPSA) is 135 Å². The van der Waals surface area contributed by atoms with E-state index in [0.717, 1.165) is 6.07 Å². The molecule has 3 aromatic rings. The lowest BCUT2D eigenvalue weighted by Gasteiger charge is -2.10. The van der Waals surface area contributed by atoms with Crippen molar-refractivity contribution in [2.45, 2.75) is 13.5 Å². The van der Waals surface area contributed by atoms with Crippen LogP contribution in [-0.4, -0.2) is 28.9 Å². The maximum absolute atomic E-state index is 12.2. The maximum atomic E-state index is 12.2. The van der Waals surface area contributed by atoms with Crippen LogP contribution in [0, 0.1) is 0 Å². The number of anilines is 1. The quantitative estimate of drug-likeness (QED) is 0.440. The molecule has 1 heterocycles. The second-order valence-corrected chi connectivity index (χ2v) is 5.92. The zero-order chi connectivity index (χ0) is 21.0. The van der Waals surface area contributed by atoms with Gasteiger partial charge in [0, 0.05) is 34.8 Å². The molecule has 0 fully saturated rings. The minimum atomic E-state index is -0.829. The summed E-state index contributed by atoms with van der Waals surface area (Å²) < 4.78 is 15.1. The lowest BCUT2D eigenvalue weighted by Crippen LogP contribution is -2.13. The highest BCUT2D eigenvalue weighted by molar-refractivity contribution is 5.93. The molecule has 2 aromatic carbocycles. The molecule has 150 valence electrons. The summed E-state index contributed by atoms with van der Waals surface area (Å²) >= 11 is 0. The third-order valence-electron chi connectivity index (χ3n) is 3.91. The van der Waals surface area contributed by atoms with E-state index in [1.807, 2.05) is 0 Å². The molecule has 0 aliphatic rings. The van der Waals surface area contributed by atoms with Gasteiger partial charge in [0.05, 0.1) is 6.61 Å². The summed E-state index contributed by atoms with van der Waals surface area (Å²) in [5.74, 6) is -1.45. The van der Waals surface area contributed by atoms with Crippen LogP contribution in [-0.2, 0) is 16.1 Å². The number of ether oxygens (including phenoxy) is 2. The van der Waals surface area contributed by atoms with Crippen molar-refractivity contribution in [3.8, 4) is 11.5 Å². The Balaban J connectivity index is 1.82. The number of phenolic OH excluding ortho intramolecular Hbond substituents is 2. The Morgan fingerprint density at radius 2 is 1.86 bits per heavy atom. The van der Waals surface area contributed by atoms with E-state index in [9.17, 15) is 24.6 Å². The molecule has 0 radical (unpaired) electrons. The summed E-state index contributed by atoms with van der Waals surface area (Å²) in [6.07, 6.45) is -0.645. The predicted octanol–water partition coefficient (Wildman–Crippen LogP) is 3.13. The van der Waals surface area contributed by atoms with Gasteiger partial charge in [-0.3, -0.25) is 5.32 Å². The van der Waals surface area contributed by atoms with E-state index < -0.39 is 23.4 Å². The number of nitrogens with one attached hydrogen (secondary N) is 1. The molecule has 9 heteroatoms. The van der Waals surface area contributed by atoms with Crippen LogP contribution in [0.2, 0.25) is 0 Å². The summed E-state index contributed by atoms with van der Waals surface area (Å²) in [6, 6.07) is 9.28. The average molecular weight is 399 g/mol. The highest BCUT2D eigenvalue weighted by atomic mass is 16.5. The van der Waals surface area contributed by atoms with E-state index in [-0.39, 0.29) is 30.1 Å². The molecule has 29 heavy (non-hydrogen) atoms. The van der Waals surface area contributed by atoms with E-state index in [1.54, 1.807) is 19.1 Å². The van der Waals surface area contributed by atoms with Crippen LogP contribution in [0.15, 0.2) is 51.7 Å². The molecule has 0 unspecified atom stereocenters. The zero-order valence-corrected chi connectivity index (χ0v) is 15.3. The molecule has 3 N–H and O–H groups in total. The van der Waals surface area contributed by atoms with Gasteiger partial charge in [-0.1, -0.05) is 0 Å². The molecule has 0 atom stereocenters. The fourth-order valence-corrected chi connectivity index (χ4v) is 2.63. The van der Waals surface area contributed by atoms with Crippen molar-refractivity contribution in [2.24, 2.45) is 0 Å². The number of amides is 1. The fourth-order valence-electron chi connectivity index (χ4n) is 2.63. The van der Waals surface area contributed by atoms with Gasteiger partial charge < -0.3 is 24.1 Å². The number of benzene rings is 2. The van der Waals surface area contributed by atoms with Crippen LogP contribution in [0.5, 0.6) is 11.5 Å². The van der Waals surface area contributed by atoms with Crippen molar-refractivity contribution in [1.82, 2.24) is 0 Å². The van der Waals surface area contributed by atoms with E-state index >= 15 is 0 Å². The van der Waals surface area contributed by atoms with Crippen molar-refractivity contribution >= 4 is 28.7 Å². The summed E-state index contributed by atoms with van der Waals surface area (Å²) in [6.45, 7) is 1.62. The lowest BCUT2D eigenvalue weighted by molar-refractivity contribution is 0.0470. The average Bonchev–Trinajstić information content (AvgIpc) is 2.65. The Morgan fingerprint density at radius 1 is 1.07 bits per heavy atom. The molecule has 1 amide bonds. The highest BCUT2D eigenvalue weighted by Gasteiger charge is 2.15. The number of phenols is 2. The summed E-state index contributed by atoms with van der Waals surface area (Å²) in [5, 5.41) is 22.0. The van der Waals surface area contributed by atoms with Gasteiger partial charge in [-0.05, 0) is 31.2 Å². The van der Waals surface area contributed by atoms with Crippen LogP contribution in [0.4, 0.5) is 10.5 Å². The van der Waals surface area contributed by atoms with Crippen molar-refractivity contribution < 1.29 is 33.7 Å². The minimum Gasteiger partial charge on any atom is -0.508 e. The lowest BCUT2D eigenvalue weighted by atomic mass is 10.1. The van der Waals surface area contributed by atoms with Gasteiger partial charge in [-0.25, -0.2) is 14.4 Å². The van der Waals surface area contributed by atoms with E-state index in [0.29, 0.717) is 16.6 Å². The third kappa shape index (κ3) is 4.64. The number of esters is 1. The van der Waals surface area contributed by atoms with Gasteiger partial charge in [0.2, 0.25) is 0 Å². The molecule has 0 aliphatic carbocycles. The second-order valence-electron chi connectivity index (χ2n) is 5.92. The number of hydrogen-bond donors (Lipinski definition) is 3. The number of fused-ring (bicyclic) bond motifs is 1. The molecule has 3 rings (SSSR count). The van der Waals surface area contributed by atoms with Crippen molar-refractivity contribution in [2.75, 3.05) is 11.9 Å². The van der Waals surface area contributed by atoms with E-state index in [1.165, 1.54) is 24.3 Å². The van der Waals surface area contributed by atoms with Crippen LogP contribution in [0.25, 0.3) is 11.0 Å². The molecular formula is C20H17NO8. The van der Waals surface area contributed by atoms with E-state index in [2.05, 4.69) is 5.32 Å². The first-order valence-electron chi connectivity index (χ1n) is 8.57. The van der Waals surface area contributed by atoms with Crippen LogP contribution in [0.1, 0.15) is 22.8 Å². The summed E-state index contributed by atoms with van der Waals surface area (Å²) in [5.41, 5.74) is 0.137. The van der Waals surface area contributed by atoms with E-state index in [4.69, 9.17) is 13.9 Å².